The molecule has 1 aliphatic carbocycles. The standard InChI is InChI=1S/C23H26ClN3O3S/c24-18-9-7-17(8-10-18)11-14-25-22(28)16-23(12-3-4-13-23)15-21-26-19-5-1-2-6-20(19)31(29,30)27-21/h1-2,5-10H,3-4,11-16H2,(H,25,28)(H,26,27). The van der Waals surface area contributed by atoms with Crippen molar-refractivity contribution in [3.8, 4) is 0 Å². The highest BCUT2D eigenvalue weighted by Gasteiger charge is 2.38. The largest absolute Gasteiger partial charge is 0.356 e. The minimum Gasteiger partial charge on any atom is -0.356 e. The van der Waals surface area contributed by atoms with Gasteiger partial charge in [-0.2, -0.15) is 8.42 Å². The molecule has 4 rings (SSSR count). The fraction of sp³-hybridized carbons (Fsp3) is 0.391. The van der Waals surface area contributed by atoms with Gasteiger partial charge >= 0.3 is 0 Å². The quantitative estimate of drug-likeness (QED) is 0.635. The number of sulfonamides is 1. The van der Waals surface area contributed by atoms with E-state index in [1.165, 1.54) is 0 Å². The molecular weight excluding hydrogens is 434 g/mol. The van der Waals surface area contributed by atoms with Crippen molar-refractivity contribution in [3.63, 3.8) is 0 Å². The van der Waals surface area contributed by atoms with Crippen LogP contribution in [0.1, 0.15) is 44.1 Å². The molecule has 1 amide bonds. The van der Waals surface area contributed by atoms with E-state index >= 15 is 0 Å². The number of nitrogens with one attached hydrogen (secondary N) is 2. The number of benzene rings is 2. The van der Waals surface area contributed by atoms with Crippen molar-refractivity contribution >= 4 is 39.1 Å². The van der Waals surface area contributed by atoms with Crippen LogP contribution in [0.5, 0.6) is 0 Å². The predicted octanol–water partition coefficient (Wildman–Crippen LogP) is 4.55. The minimum absolute atomic E-state index is 0.00414. The average molecular weight is 460 g/mol. The van der Waals surface area contributed by atoms with Gasteiger partial charge in [-0.25, -0.2) is 0 Å². The smallest absolute Gasteiger partial charge is 0.286 e. The molecule has 1 saturated carbocycles. The van der Waals surface area contributed by atoms with Crippen molar-refractivity contribution in [2.24, 2.45) is 9.81 Å². The first-order chi connectivity index (χ1) is 14.9. The number of carbonyl (C=O) groups excluding carboxylic acids is 1. The molecule has 164 valence electrons. The molecule has 1 fully saturated rings. The molecule has 0 atom stereocenters. The van der Waals surface area contributed by atoms with Crippen LogP contribution in [0.2, 0.25) is 5.02 Å². The first kappa shape index (κ1) is 21.8. The van der Waals surface area contributed by atoms with E-state index in [9.17, 15) is 13.2 Å². The van der Waals surface area contributed by atoms with Gasteiger partial charge in [-0.15, -0.1) is 4.40 Å². The number of fused-ring (bicyclic) bond motifs is 1. The minimum atomic E-state index is -3.72. The molecule has 2 aromatic carbocycles. The summed E-state index contributed by atoms with van der Waals surface area (Å²) in [6.45, 7) is 0.553. The fourth-order valence-electron chi connectivity index (χ4n) is 4.54. The lowest BCUT2D eigenvalue weighted by atomic mass is 9.78. The number of nitrogens with zero attached hydrogens (tertiary/aromatic N) is 1. The van der Waals surface area contributed by atoms with Gasteiger partial charge in [0.2, 0.25) is 5.91 Å². The maximum atomic E-state index is 12.7. The number of amides is 1. The Balaban J connectivity index is 1.39. The van der Waals surface area contributed by atoms with E-state index < -0.39 is 10.0 Å². The maximum Gasteiger partial charge on any atom is 0.286 e. The third-order valence-corrected chi connectivity index (χ3v) is 7.69. The second kappa shape index (κ2) is 9.01. The maximum absolute atomic E-state index is 12.7. The Morgan fingerprint density at radius 3 is 2.55 bits per heavy atom. The van der Waals surface area contributed by atoms with Crippen molar-refractivity contribution in [3.05, 3.63) is 59.1 Å². The van der Waals surface area contributed by atoms with E-state index in [0.717, 1.165) is 37.7 Å². The van der Waals surface area contributed by atoms with Gasteiger partial charge in [0.05, 0.1) is 5.69 Å². The molecule has 0 spiro atoms. The Hall–Kier alpha value is -2.38. The van der Waals surface area contributed by atoms with E-state index in [1.807, 2.05) is 24.3 Å². The summed E-state index contributed by atoms with van der Waals surface area (Å²) in [4.78, 5) is 12.9. The number of amidine groups is 1. The van der Waals surface area contributed by atoms with Crippen molar-refractivity contribution in [1.82, 2.24) is 5.32 Å². The van der Waals surface area contributed by atoms with Gasteiger partial charge in [0.15, 0.2) is 0 Å². The van der Waals surface area contributed by atoms with Crippen LogP contribution in [0.4, 0.5) is 5.69 Å². The van der Waals surface area contributed by atoms with Crippen molar-refractivity contribution < 1.29 is 13.2 Å². The molecule has 2 aromatic rings. The molecule has 6 nitrogen and oxygen atoms in total. The average Bonchev–Trinajstić information content (AvgIpc) is 3.16. The monoisotopic (exact) mass is 459 g/mol. The molecule has 2 N–H and O–H groups in total. The van der Waals surface area contributed by atoms with E-state index in [-0.39, 0.29) is 16.2 Å². The van der Waals surface area contributed by atoms with Gasteiger partial charge in [-0.1, -0.05) is 48.7 Å². The summed E-state index contributed by atoms with van der Waals surface area (Å²) in [6.07, 6.45) is 5.41. The Kier molecular flexibility index (Phi) is 6.34. The number of rotatable bonds is 7. The molecular formula is C23H26ClN3O3S. The third-order valence-electron chi connectivity index (χ3n) is 6.07. The highest BCUT2D eigenvalue weighted by Crippen LogP contribution is 2.45. The molecule has 0 saturated heterocycles. The number of hydrogen-bond donors (Lipinski definition) is 2. The molecule has 0 bridgehead atoms. The van der Waals surface area contributed by atoms with Gasteiger partial charge in [-0.3, -0.25) is 4.79 Å². The van der Waals surface area contributed by atoms with Gasteiger partial charge in [0, 0.05) is 24.4 Å². The summed E-state index contributed by atoms with van der Waals surface area (Å²) in [6, 6.07) is 14.4. The van der Waals surface area contributed by atoms with Gasteiger partial charge in [0.1, 0.15) is 10.7 Å². The second-order valence-electron chi connectivity index (χ2n) is 8.42. The molecule has 8 heteroatoms. The predicted molar refractivity (Wildman–Crippen MR) is 123 cm³/mol. The van der Waals surface area contributed by atoms with E-state index in [4.69, 9.17) is 11.6 Å². The Morgan fingerprint density at radius 2 is 1.81 bits per heavy atom. The van der Waals surface area contributed by atoms with Crippen LogP contribution in [0, 0.1) is 5.41 Å². The van der Waals surface area contributed by atoms with Crippen LogP contribution >= 0.6 is 11.6 Å². The van der Waals surface area contributed by atoms with Gasteiger partial charge < -0.3 is 10.6 Å². The number of para-hydroxylation sites is 1. The van der Waals surface area contributed by atoms with Crippen LogP contribution in [0.25, 0.3) is 0 Å². The van der Waals surface area contributed by atoms with Crippen LogP contribution in [-0.2, 0) is 21.2 Å². The summed E-state index contributed by atoms with van der Waals surface area (Å²) in [5, 5.41) is 6.89. The van der Waals surface area contributed by atoms with Crippen LogP contribution in [-0.4, -0.2) is 26.7 Å². The second-order valence-corrected chi connectivity index (χ2v) is 10.4. The van der Waals surface area contributed by atoms with Crippen LogP contribution in [0.3, 0.4) is 0 Å². The Morgan fingerprint density at radius 1 is 1.10 bits per heavy atom. The molecule has 1 heterocycles. The Bertz CT molecular complexity index is 1090. The molecule has 0 unspecified atom stereocenters. The van der Waals surface area contributed by atoms with E-state index in [1.54, 1.807) is 24.3 Å². The highest BCUT2D eigenvalue weighted by molar-refractivity contribution is 7.90. The molecule has 0 radical (unpaired) electrons. The zero-order valence-electron chi connectivity index (χ0n) is 17.2. The van der Waals surface area contributed by atoms with E-state index in [2.05, 4.69) is 15.0 Å². The lowest BCUT2D eigenvalue weighted by molar-refractivity contribution is -0.123. The van der Waals surface area contributed by atoms with E-state index in [0.29, 0.717) is 35.9 Å². The van der Waals surface area contributed by atoms with Gasteiger partial charge in [0.25, 0.3) is 10.0 Å². The third kappa shape index (κ3) is 5.28. The van der Waals surface area contributed by atoms with Crippen molar-refractivity contribution in [2.75, 3.05) is 11.9 Å². The summed E-state index contributed by atoms with van der Waals surface area (Å²) in [7, 11) is -3.72. The first-order valence-electron chi connectivity index (χ1n) is 10.6. The summed E-state index contributed by atoms with van der Waals surface area (Å²) in [5.74, 6) is 0.421. The van der Waals surface area contributed by atoms with Crippen LogP contribution < -0.4 is 10.6 Å². The number of hydrogen-bond acceptors (Lipinski definition) is 4. The zero-order valence-corrected chi connectivity index (χ0v) is 18.8. The zero-order chi connectivity index (χ0) is 21.9. The topological polar surface area (TPSA) is 87.6 Å². The molecule has 1 aliphatic heterocycles. The number of carbonyl (C=O) groups is 1. The number of halogens is 1. The molecule has 31 heavy (non-hydrogen) atoms. The number of anilines is 1. The summed E-state index contributed by atoms with van der Waals surface area (Å²) >= 11 is 5.91. The van der Waals surface area contributed by atoms with Crippen LogP contribution in [0.15, 0.2) is 57.8 Å². The first-order valence-corrected chi connectivity index (χ1v) is 12.4. The molecule has 2 aliphatic rings. The lowest BCUT2D eigenvalue weighted by Gasteiger charge is -2.30. The van der Waals surface area contributed by atoms with Crippen molar-refractivity contribution in [1.29, 1.82) is 0 Å². The Labute approximate surface area is 188 Å². The van der Waals surface area contributed by atoms with Crippen molar-refractivity contribution in [2.45, 2.75) is 49.8 Å². The normalized spacial score (nSPS) is 18.5. The lowest BCUT2D eigenvalue weighted by Crippen LogP contribution is -2.35. The van der Waals surface area contributed by atoms with Gasteiger partial charge in [-0.05, 0) is 54.5 Å². The SMILES string of the molecule is O=C(CC1(CC2=NS(=O)(=O)c3ccccc3N2)CCCC1)NCCc1ccc(Cl)cc1. The summed E-state index contributed by atoms with van der Waals surface area (Å²) in [5.41, 5.74) is 1.40. The molecule has 0 aromatic heterocycles. The fourth-order valence-corrected chi connectivity index (χ4v) is 5.81. The highest BCUT2D eigenvalue weighted by atomic mass is 35.5. The summed E-state index contributed by atoms with van der Waals surface area (Å²) < 4.78 is 29.1.